The molecular weight excluding hydrogens is 468 g/mol. The number of carbonyl (C=O) groups excluding carboxylic acids is 3. The Labute approximate surface area is 208 Å². The van der Waals surface area contributed by atoms with E-state index in [1.54, 1.807) is 54.6 Å². The predicted molar refractivity (Wildman–Crippen MR) is 137 cm³/mol. The highest BCUT2D eigenvalue weighted by atomic mass is 35.5. The fourth-order valence-electron chi connectivity index (χ4n) is 2.96. The molecule has 3 N–H and O–H groups in total. The summed E-state index contributed by atoms with van der Waals surface area (Å²) in [7, 11) is 0. The van der Waals surface area contributed by atoms with Crippen LogP contribution in [0.2, 0.25) is 5.02 Å². The molecule has 0 fully saturated rings. The lowest BCUT2D eigenvalue weighted by Crippen LogP contribution is -2.32. The fourth-order valence-corrected chi connectivity index (χ4v) is 3.13. The summed E-state index contributed by atoms with van der Waals surface area (Å²) in [4.78, 5) is 36.1. The van der Waals surface area contributed by atoms with Crippen molar-refractivity contribution in [2.45, 2.75) is 20.3 Å². The SMILES string of the molecule is CCc1ccc(NC(=O)C(=O)N/N=C/c2ccc(OCC(=O)Nc3cccc(Cl)c3C)cc2)cc1. The normalized spacial score (nSPS) is 10.6. The van der Waals surface area contributed by atoms with Crippen LogP contribution in [0, 0.1) is 6.92 Å². The van der Waals surface area contributed by atoms with Crippen molar-refractivity contribution < 1.29 is 19.1 Å². The third-order valence-corrected chi connectivity index (χ3v) is 5.41. The van der Waals surface area contributed by atoms with E-state index < -0.39 is 11.8 Å². The molecule has 180 valence electrons. The first-order chi connectivity index (χ1) is 16.9. The fraction of sp³-hybridized carbons (Fsp3) is 0.154. The van der Waals surface area contributed by atoms with Crippen LogP contribution in [0.5, 0.6) is 5.75 Å². The van der Waals surface area contributed by atoms with Crippen LogP contribution >= 0.6 is 11.6 Å². The monoisotopic (exact) mass is 492 g/mol. The van der Waals surface area contributed by atoms with Gasteiger partial charge in [-0.3, -0.25) is 14.4 Å². The molecule has 0 saturated heterocycles. The largest absolute Gasteiger partial charge is 0.484 e. The number of hydrogen-bond donors (Lipinski definition) is 3. The predicted octanol–water partition coefficient (Wildman–Crippen LogP) is 4.32. The Hall–Kier alpha value is -4.17. The third-order valence-electron chi connectivity index (χ3n) is 5.00. The number of hydrazone groups is 1. The highest BCUT2D eigenvalue weighted by Crippen LogP contribution is 2.23. The molecule has 0 aromatic heterocycles. The number of benzene rings is 3. The summed E-state index contributed by atoms with van der Waals surface area (Å²) >= 11 is 6.06. The average molecular weight is 493 g/mol. The van der Waals surface area contributed by atoms with Crippen LogP contribution in [0.25, 0.3) is 0 Å². The molecule has 3 aromatic rings. The smallest absolute Gasteiger partial charge is 0.329 e. The summed E-state index contributed by atoms with van der Waals surface area (Å²) in [5, 5.41) is 9.64. The molecule has 0 aliphatic rings. The molecule has 8 nitrogen and oxygen atoms in total. The molecule has 0 aliphatic heterocycles. The summed E-state index contributed by atoms with van der Waals surface area (Å²) in [5.74, 6) is -1.54. The second kappa shape index (κ2) is 12.3. The van der Waals surface area contributed by atoms with Crippen LogP contribution in [0.15, 0.2) is 71.8 Å². The molecule has 0 saturated carbocycles. The van der Waals surface area contributed by atoms with Crippen molar-refractivity contribution in [1.29, 1.82) is 0 Å². The lowest BCUT2D eigenvalue weighted by molar-refractivity contribution is -0.136. The van der Waals surface area contributed by atoms with Gasteiger partial charge in [0.1, 0.15) is 5.75 Å². The van der Waals surface area contributed by atoms with Gasteiger partial charge in [-0.2, -0.15) is 5.10 Å². The van der Waals surface area contributed by atoms with Gasteiger partial charge < -0.3 is 15.4 Å². The molecule has 3 rings (SSSR count). The minimum Gasteiger partial charge on any atom is -0.484 e. The molecule has 0 bridgehead atoms. The number of rotatable bonds is 8. The Morgan fingerprint density at radius 1 is 0.943 bits per heavy atom. The van der Waals surface area contributed by atoms with Crippen LogP contribution in [0.4, 0.5) is 11.4 Å². The second-order valence-corrected chi connectivity index (χ2v) is 7.93. The average Bonchev–Trinajstić information content (AvgIpc) is 2.86. The Kier molecular flexibility index (Phi) is 8.97. The van der Waals surface area contributed by atoms with Crippen molar-refractivity contribution in [3.05, 3.63) is 88.4 Å². The van der Waals surface area contributed by atoms with E-state index in [-0.39, 0.29) is 12.5 Å². The molecule has 3 aromatic carbocycles. The van der Waals surface area contributed by atoms with Gasteiger partial charge in [-0.15, -0.1) is 0 Å². The highest BCUT2D eigenvalue weighted by Gasteiger charge is 2.12. The topological polar surface area (TPSA) is 109 Å². The third kappa shape index (κ3) is 7.68. The number of halogens is 1. The number of nitrogens with zero attached hydrogens (tertiary/aromatic N) is 1. The van der Waals surface area contributed by atoms with Crippen LogP contribution in [-0.4, -0.2) is 30.5 Å². The van der Waals surface area contributed by atoms with Gasteiger partial charge in [0.2, 0.25) is 0 Å². The number of ether oxygens (including phenoxy) is 1. The summed E-state index contributed by atoms with van der Waals surface area (Å²) in [5.41, 5.74) is 5.91. The summed E-state index contributed by atoms with van der Waals surface area (Å²) in [6.45, 7) is 3.67. The maximum Gasteiger partial charge on any atom is 0.329 e. The van der Waals surface area contributed by atoms with E-state index >= 15 is 0 Å². The van der Waals surface area contributed by atoms with Gasteiger partial charge in [0.25, 0.3) is 5.91 Å². The second-order valence-electron chi connectivity index (χ2n) is 7.52. The van der Waals surface area contributed by atoms with Crippen molar-refractivity contribution in [3.8, 4) is 5.75 Å². The van der Waals surface area contributed by atoms with E-state index in [1.807, 2.05) is 26.0 Å². The van der Waals surface area contributed by atoms with E-state index in [0.717, 1.165) is 17.5 Å². The quantitative estimate of drug-likeness (QED) is 0.247. The summed E-state index contributed by atoms with van der Waals surface area (Å²) in [6, 6.07) is 19.2. The molecule has 0 spiro atoms. The van der Waals surface area contributed by atoms with Crippen LogP contribution in [0.1, 0.15) is 23.6 Å². The van der Waals surface area contributed by atoms with E-state index in [2.05, 4.69) is 21.2 Å². The molecule has 9 heteroatoms. The van der Waals surface area contributed by atoms with Gasteiger partial charge in [-0.25, -0.2) is 5.43 Å². The maximum atomic E-state index is 12.1. The van der Waals surface area contributed by atoms with Crippen molar-refractivity contribution >= 4 is 46.9 Å². The minimum absolute atomic E-state index is 0.175. The molecule has 35 heavy (non-hydrogen) atoms. The zero-order valence-electron chi connectivity index (χ0n) is 19.3. The van der Waals surface area contributed by atoms with Crippen molar-refractivity contribution in [2.75, 3.05) is 17.2 Å². The molecule has 0 heterocycles. The lowest BCUT2D eigenvalue weighted by Gasteiger charge is -2.10. The Morgan fingerprint density at radius 2 is 1.66 bits per heavy atom. The molecule has 3 amide bonds. The first-order valence-electron chi connectivity index (χ1n) is 10.9. The van der Waals surface area contributed by atoms with Crippen LogP contribution < -0.4 is 20.8 Å². The van der Waals surface area contributed by atoms with Crippen molar-refractivity contribution in [3.63, 3.8) is 0 Å². The zero-order valence-corrected chi connectivity index (χ0v) is 20.1. The van der Waals surface area contributed by atoms with Gasteiger partial charge >= 0.3 is 11.8 Å². The lowest BCUT2D eigenvalue weighted by atomic mass is 10.1. The molecular formula is C26H25ClN4O4. The summed E-state index contributed by atoms with van der Waals surface area (Å²) < 4.78 is 5.50. The first kappa shape index (κ1) is 25.5. The van der Waals surface area contributed by atoms with Gasteiger partial charge in [-0.1, -0.05) is 36.7 Å². The highest BCUT2D eigenvalue weighted by molar-refractivity contribution is 6.39. The van der Waals surface area contributed by atoms with Gasteiger partial charge in [0.15, 0.2) is 6.61 Å². The number of anilines is 2. The molecule has 0 unspecified atom stereocenters. The number of aryl methyl sites for hydroxylation is 1. The van der Waals surface area contributed by atoms with E-state index in [1.165, 1.54) is 6.21 Å². The Balaban J connectivity index is 1.43. The first-order valence-corrected chi connectivity index (χ1v) is 11.2. The summed E-state index contributed by atoms with van der Waals surface area (Å²) in [6.07, 6.45) is 2.27. The van der Waals surface area contributed by atoms with E-state index in [4.69, 9.17) is 16.3 Å². The Morgan fingerprint density at radius 3 is 2.34 bits per heavy atom. The number of hydrogen-bond acceptors (Lipinski definition) is 5. The van der Waals surface area contributed by atoms with E-state index in [9.17, 15) is 14.4 Å². The standard InChI is InChI=1S/C26H25ClN4O4/c1-3-18-7-11-20(12-8-18)29-25(33)26(34)31-28-15-19-9-13-21(14-10-19)35-16-24(32)30-23-6-4-5-22(27)17(23)2/h4-15H,3,16H2,1-2H3,(H,29,33)(H,30,32)(H,31,34)/b28-15+. The van der Waals surface area contributed by atoms with E-state index in [0.29, 0.717) is 27.7 Å². The van der Waals surface area contributed by atoms with Crippen LogP contribution in [0.3, 0.4) is 0 Å². The number of carbonyl (C=O) groups is 3. The van der Waals surface area contributed by atoms with Crippen molar-refractivity contribution in [1.82, 2.24) is 5.43 Å². The van der Waals surface area contributed by atoms with Crippen molar-refractivity contribution in [2.24, 2.45) is 5.10 Å². The van der Waals surface area contributed by atoms with Gasteiger partial charge in [-0.05, 0) is 78.6 Å². The number of amides is 3. The van der Waals surface area contributed by atoms with Gasteiger partial charge in [0.05, 0.1) is 6.21 Å². The van der Waals surface area contributed by atoms with Gasteiger partial charge in [0, 0.05) is 16.4 Å². The molecule has 0 radical (unpaired) electrons. The minimum atomic E-state index is -0.887. The number of nitrogens with one attached hydrogen (secondary N) is 3. The Bertz CT molecular complexity index is 1230. The zero-order chi connectivity index (χ0) is 25.2. The van der Waals surface area contributed by atoms with Crippen LogP contribution in [-0.2, 0) is 20.8 Å². The maximum absolute atomic E-state index is 12.1. The molecule has 0 atom stereocenters. The molecule has 0 aliphatic carbocycles.